The number of hydrogen-bond donors (Lipinski definition) is 0. The third-order valence-corrected chi connectivity index (χ3v) is 18.3. The van der Waals surface area contributed by atoms with Crippen LogP contribution in [0.15, 0.2) is 243 Å². The van der Waals surface area contributed by atoms with Gasteiger partial charge in [0.1, 0.15) is 0 Å². The Morgan fingerprint density at radius 2 is 0.605 bits per heavy atom. The summed E-state index contributed by atoms with van der Waals surface area (Å²) in [6, 6.07) is 91.9. The van der Waals surface area contributed by atoms with E-state index in [4.69, 9.17) is 0 Å². The molecule has 0 N–H and O–H groups in total. The van der Waals surface area contributed by atoms with E-state index in [0.29, 0.717) is 0 Å². The molecular formula is C74H52N2. The van der Waals surface area contributed by atoms with Crippen LogP contribution in [-0.2, 0) is 10.8 Å². The fourth-order valence-electron chi connectivity index (χ4n) is 14.8. The summed E-state index contributed by atoms with van der Waals surface area (Å²) in [7, 11) is 0. The average molecular weight is 969 g/mol. The predicted octanol–water partition coefficient (Wildman–Crippen LogP) is 18.4. The summed E-state index contributed by atoms with van der Waals surface area (Å²) in [5.74, 6) is 0. The zero-order valence-corrected chi connectivity index (χ0v) is 43.0. The van der Waals surface area contributed by atoms with Crippen molar-refractivity contribution in [3.63, 3.8) is 0 Å². The molecule has 0 saturated heterocycles. The maximum Gasteiger partial charge on any atom is 0.0714 e. The Bertz CT molecular complexity index is 4330. The lowest BCUT2D eigenvalue weighted by atomic mass is 9.67. The first-order valence-corrected chi connectivity index (χ1v) is 26.8. The largest absolute Gasteiger partial charge is 0.313 e. The SMILES string of the molecule is Cc1c(C)n(-c2ccc3c(c2)C(c2ccccc2)(c2ccccc2)c2ccccc2-3)c2c1cc1ccc3c4c(ccc2c14)cc1c(C)c(C)n(-c2ccc4c(c2)C(c2ccccc2)(c2ccccc2)c2ccccc2-4)c13. The number of fused-ring (bicyclic) bond motifs is 10. The molecule has 0 unspecified atom stereocenters. The molecule has 16 rings (SSSR count). The molecular weight excluding hydrogens is 917 g/mol. The fraction of sp³-hybridized carbons (Fsp3) is 0.0811. The number of aryl methyl sites for hydroxylation is 2. The highest BCUT2D eigenvalue weighted by molar-refractivity contribution is 6.33. The van der Waals surface area contributed by atoms with Crippen LogP contribution in [0.4, 0.5) is 0 Å². The van der Waals surface area contributed by atoms with Gasteiger partial charge >= 0.3 is 0 Å². The van der Waals surface area contributed by atoms with Crippen LogP contribution in [0.25, 0.3) is 87.8 Å². The first-order chi connectivity index (χ1) is 37.4. The molecule has 12 aromatic carbocycles. The molecule has 14 aromatic rings. The molecule has 2 aliphatic carbocycles. The van der Waals surface area contributed by atoms with Crippen LogP contribution in [0.1, 0.15) is 67.0 Å². The lowest BCUT2D eigenvalue weighted by Gasteiger charge is -2.34. The van der Waals surface area contributed by atoms with Crippen LogP contribution >= 0.6 is 0 Å². The van der Waals surface area contributed by atoms with Gasteiger partial charge in [-0.15, -0.1) is 0 Å². The third-order valence-electron chi connectivity index (χ3n) is 18.3. The van der Waals surface area contributed by atoms with Crippen molar-refractivity contribution in [2.45, 2.75) is 38.5 Å². The minimum absolute atomic E-state index is 0.494. The van der Waals surface area contributed by atoms with E-state index in [9.17, 15) is 0 Å². The summed E-state index contributed by atoms with van der Waals surface area (Å²) < 4.78 is 5.14. The second-order valence-electron chi connectivity index (χ2n) is 21.6. The Kier molecular flexibility index (Phi) is 8.89. The van der Waals surface area contributed by atoms with E-state index in [1.807, 2.05) is 0 Å². The molecule has 76 heavy (non-hydrogen) atoms. The highest BCUT2D eigenvalue weighted by Crippen LogP contribution is 2.59. The number of nitrogens with zero attached hydrogens (tertiary/aromatic N) is 2. The van der Waals surface area contributed by atoms with Crippen molar-refractivity contribution in [1.82, 2.24) is 9.13 Å². The van der Waals surface area contributed by atoms with E-state index in [1.54, 1.807) is 0 Å². The molecule has 2 aromatic heterocycles. The minimum atomic E-state index is -0.494. The third kappa shape index (κ3) is 5.40. The molecule has 358 valence electrons. The fourth-order valence-corrected chi connectivity index (χ4v) is 14.8. The topological polar surface area (TPSA) is 9.86 Å². The van der Waals surface area contributed by atoms with Gasteiger partial charge in [0.05, 0.1) is 21.9 Å². The molecule has 0 bridgehead atoms. The maximum absolute atomic E-state index is 2.57. The van der Waals surface area contributed by atoms with Crippen molar-refractivity contribution < 1.29 is 0 Å². The minimum Gasteiger partial charge on any atom is -0.313 e. The number of benzene rings is 12. The van der Waals surface area contributed by atoms with Gasteiger partial charge in [-0.1, -0.05) is 206 Å². The van der Waals surface area contributed by atoms with Crippen LogP contribution in [0.2, 0.25) is 0 Å². The van der Waals surface area contributed by atoms with Crippen molar-refractivity contribution in [3.8, 4) is 33.6 Å². The Morgan fingerprint density at radius 1 is 0.276 bits per heavy atom. The van der Waals surface area contributed by atoms with Crippen molar-refractivity contribution >= 4 is 54.1 Å². The molecule has 2 heterocycles. The first kappa shape index (κ1) is 43.2. The molecule has 0 atom stereocenters. The highest BCUT2D eigenvalue weighted by Gasteiger charge is 2.48. The van der Waals surface area contributed by atoms with Crippen molar-refractivity contribution in [2.24, 2.45) is 0 Å². The number of hydrogen-bond acceptors (Lipinski definition) is 0. The molecule has 2 aliphatic rings. The van der Waals surface area contributed by atoms with Gasteiger partial charge in [0.15, 0.2) is 0 Å². The second kappa shape index (κ2) is 15.6. The van der Waals surface area contributed by atoms with Crippen LogP contribution < -0.4 is 0 Å². The first-order valence-electron chi connectivity index (χ1n) is 26.8. The van der Waals surface area contributed by atoms with Gasteiger partial charge in [0.25, 0.3) is 0 Å². The van der Waals surface area contributed by atoms with Gasteiger partial charge in [-0.25, -0.2) is 0 Å². The van der Waals surface area contributed by atoms with E-state index in [-0.39, 0.29) is 0 Å². The summed E-state index contributed by atoms with van der Waals surface area (Å²) in [5.41, 5.74) is 24.6. The molecule has 2 nitrogen and oxygen atoms in total. The van der Waals surface area contributed by atoms with Crippen molar-refractivity contribution in [3.05, 3.63) is 310 Å². The summed E-state index contributed by atoms with van der Waals surface area (Å²) in [6.07, 6.45) is 0. The van der Waals surface area contributed by atoms with Gasteiger partial charge in [0, 0.05) is 44.3 Å². The smallest absolute Gasteiger partial charge is 0.0714 e. The maximum atomic E-state index is 2.57. The molecule has 0 saturated carbocycles. The van der Waals surface area contributed by atoms with E-state index in [2.05, 4.69) is 279 Å². The van der Waals surface area contributed by atoms with Crippen LogP contribution in [0.3, 0.4) is 0 Å². The Balaban J connectivity index is 0.946. The highest BCUT2D eigenvalue weighted by atomic mass is 15.0. The zero-order valence-electron chi connectivity index (χ0n) is 43.0. The lowest BCUT2D eigenvalue weighted by molar-refractivity contribution is 0.767. The van der Waals surface area contributed by atoms with Crippen LogP contribution in [0.5, 0.6) is 0 Å². The van der Waals surface area contributed by atoms with Gasteiger partial charge in [-0.2, -0.15) is 0 Å². The van der Waals surface area contributed by atoms with Crippen LogP contribution in [0, 0.1) is 27.7 Å². The molecule has 0 fully saturated rings. The zero-order chi connectivity index (χ0) is 50.6. The monoisotopic (exact) mass is 968 g/mol. The lowest BCUT2D eigenvalue weighted by Crippen LogP contribution is -2.28. The van der Waals surface area contributed by atoms with Gasteiger partial charge in [0.2, 0.25) is 0 Å². The normalized spacial score (nSPS) is 14.0. The second-order valence-corrected chi connectivity index (χ2v) is 21.6. The van der Waals surface area contributed by atoms with E-state index in [1.165, 1.54) is 155 Å². The van der Waals surface area contributed by atoms with E-state index in [0.717, 1.165) is 0 Å². The average Bonchev–Trinajstić information content (AvgIpc) is 4.23. The quantitative estimate of drug-likeness (QED) is 0.147. The van der Waals surface area contributed by atoms with E-state index >= 15 is 0 Å². The molecule has 0 spiro atoms. The number of rotatable bonds is 6. The van der Waals surface area contributed by atoms with Crippen LogP contribution in [-0.4, -0.2) is 9.13 Å². The Morgan fingerprint density at radius 3 is 0.974 bits per heavy atom. The van der Waals surface area contributed by atoms with Gasteiger partial charge in [-0.3, -0.25) is 0 Å². The predicted molar refractivity (Wildman–Crippen MR) is 317 cm³/mol. The summed E-state index contributed by atoms with van der Waals surface area (Å²) in [6.45, 7) is 9.25. The molecule has 0 radical (unpaired) electrons. The summed E-state index contributed by atoms with van der Waals surface area (Å²) in [5, 5.41) is 10.3. The summed E-state index contributed by atoms with van der Waals surface area (Å²) >= 11 is 0. The summed E-state index contributed by atoms with van der Waals surface area (Å²) in [4.78, 5) is 0. The van der Waals surface area contributed by atoms with E-state index < -0.39 is 10.8 Å². The van der Waals surface area contributed by atoms with Gasteiger partial charge in [-0.05, 0) is 164 Å². The molecule has 0 amide bonds. The Hall–Kier alpha value is -9.24. The Labute approximate surface area is 442 Å². The van der Waals surface area contributed by atoms with Crippen molar-refractivity contribution in [1.29, 1.82) is 0 Å². The molecule has 0 aliphatic heterocycles. The number of aromatic nitrogens is 2. The van der Waals surface area contributed by atoms with Crippen molar-refractivity contribution in [2.75, 3.05) is 0 Å². The van der Waals surface area contributed by atoms with Gasteiger partial charge < -0.3 is 9.13 Å². The molecule has 2 heteroatoms. The standard InChI is InChI=1S/C74H52N2/c1-45-47(3)75(55-35-39-59-57-29-17-19-31-65(57)73(67(59)43-55,51-21-9-5-10-22-51)52-23-11-6-12-24-52)71-61-37-34-50-42-64-46(2)48(4)76(72(64)62-38-33-49(41-63(45)71)69(61)70(50)62)56-36-40-60-58-30-18-20-32-66(58)74(68(60)44-56,53-25-13-7-14-26-53)54-27-15-8-16-28-54/h5-44H,1-4H3.